The molecule has 0 aromatic heterocycles. The zero-order chi connectivity index (χ0) is 15.2. The molecule has 112 valence electrons. The number of hydrogen-bond acceptors (Lipinski definition) is 4. The van der Waals surface area contributed by atoms with Crippen LogP contribution in [-0.2, 0) is 6.54 Å². The number of hydrogen-bond donors (Lipinski definition) is 3. The molecule has 0 spiro atoms. The molecule has 4 nitrogen and oxygen atoms in total. The van der Waals surface area contributed by atoms with Gasteiger partial charge in [-0.25, -0.2) is 0 Å². The molecule has 5 heteroatoms. The van der Waals surface area contributed by atoms with Crippen molar-refractivity contribution in [1.82, 2.24) is 5.32 Å². The Balaban J connectivity index is 2.03. The fourth-order valence-corrected chi connectivity index (χ4v) is 2.20. The molecule has 0 radical (unpaired) electrons. The van der Waals surface area contributed by atoms with E-state index in [1.165, 1.54) is 7.11 Å². The average Bonchev–Trinajstić information content (AvgIpc) is 2.49. The molecule has 0 aliphatic rings. The van der Waals surface area contributed by atoms with E-state index in [-0.39, 0.29) is 18.4 Å². The molecule has 0 amide bonds. The lowest BCUT2D eigenvalue weighted by atomic mass is 10.1. The van der Waals surface area contributed by atoms with Gasteiger partial charge in [0.25, 0.3) is 0 Å². The topological polar surface area (TPSA) is 61.7 Å². The van der Waals surface area contributed by atoms with E-state index in [1.54, 1.807) is 24.3 Å². The number of phenolic OH excluding ortho intramolecular Hbond substituents is 1. The Morgan fingerprint density at radius 3 is 2.48 bits per heavy atom. The monoisotopic (exact) mass is 307 g/mol. The Labute approximate surface area is 129 Å². The summed E-state index contributed by atoms with van der Waals surface area (Å²) < 4.78 is 5.00. The van der Waals surface area contributed by atoms with Gasteiger partial charge in [-0.2, -0.15) is 0 Å². The van der Waals surface area contributed by atoms with Gasteiger partial charge in [-0.05, 0) is 35.4 Å². The molecule has 2 aromatic rings. The minimum atomic E-state index is -0.188. The van der Waals surface area contributed by atoms with Crippen molar-refractivity contribution in [3.05, 3.63) is 58.6 Å². The highest BCUT2D eigenvalue weighted by molar-refractivity contribution is 6.30. The summed E-state index contributed by atoms with van der Waals surface area (Å²) in [6.45, 7) is 0.495. The molecule has 0 saturated heterocycles. The van der Waals surface area contributed by atoms with Crippen molar-refractivity contribution in [1.29, 1.82) is 0 Å². The molecule has 0 heterocycles. The number of aliphatic hydroxyl groups is 1. The lowest BCUT2D eigenvalue weighted by Gasteiger charge is -2.17. The number of nitrogens with one attached hydrogen (secondary N) is 1. The predicted octanol–water partition coefficient (Wildman–Crippen LogP) is 2.88. The van der Waals surface area contributed by atoms with Crippen molar-refractivity contribution >= 4 is 11.6 Å². The minimum Gasteiger partial charge on any atom is -0.504 e. The van der Waals surface area contributed by atoms with Gasteiger partial charge in [-0.1, -0.05) is 29.8 Å². The standard InChI is InChI=1S/C16H18ClNO3/c1-21-16-7-2-11(8-15(16)20)9-18-14(10-19)12-3-5-13(17)6-4-12/h2-8,14,18-20H,9-10H2,1H3. The predicted molar refractivity (Wildman–Crippen MR) is 82.8 cm³/mol. The third kappa shape index (κ3) is 4.11. The molecule has 2 rings (SSSR count). The number of benzene rings is 2. The van der Waals surface area contributed by atoms with Crippen LogP contribution in [0.2, 0.25) is 5.02 Å². The Hall–Kier alpha value is -1.75. The van der Waals surface area contributed by atoms with Gasteiger partial charge in [0.1, 0.15) is 0 Å². The zero-order valence-corrected chi connectivity index (χ0v) is 12.5. The number of rotatable bonds is 6. The molecule has 0 aliphatic heterocycles. The van der Waals surface area contributed by atoms with E-state index in [9.17, 15) is 10.2 Å². The van der Waals surface area contributed by atoms with E-state index in [1.807, 2.05) is 18.2 Å². The van der Waals surface area contributed by atoms with Gasteiger partial charge in [0.05, 0.1) is 19.8 Å². The maximum absolute atomic E-state index is 9.74. The SMILES string of the molecule is COc1ccc(CNC(CO)c2ccc(Cl)cc2)cc1O. The Morgan fingerprint density at radius 1 is 1.19 bits per heavy atom. The van der Waals surface area contributed by atoms with E-state index in [2.05, 4.69) is 5.32 Å². The second kappa shape index (κ2) is 7.31. The van der Waals surface area contributed by atoms with Gasteiger partial charge in [-0.3, -0.25) is 0 Å². The highest BCUT2D eigenvalue weighted by Gasteiger charge is 2.10. The van der Waals surface area contributed by atoms with E-state index >= 15 is 0 Å². The molecule has 1 unspecified atom stereocenters. The lowest BCUT2D eigenvalue weighted by molar-refractivity contribution is 0.243. The first-order chi connectivity index (χ1) is 10.1. The summed E-state index contributed by atoms with van der Waals surface area (Å²) in [6.07, 6.45) is 0. The zero-order valence-electron chi connectivity index (χ0n) is 11.7. The van der Waals surface area contributed by atoms with Gasteiger partial charge >= 0.3 is 0 Å². The molecule has 21 heavy (non-hydrogen) atoms. The quantitative estimate of drug-likeness (QED) is 0.768. The normalized spacial score (nSPS) is 12.1. The van der Waals surface area contributed by atoms with Crippen LogP contribution in [-0.4, -0.2) is 23.9 Å². The first-order valence-corrected chi connectivity index (χ1v) is 6.97. The summed E-state index contributed by atoms with van der Waals surface area (Å²) in [5, 5.41) is 23.1. The van der Waals surface area contributed by atoms with E-state index in [4.69, 9.17) is 16.3 Å². The molecule has 0 bridgehead atoms. The molecule has 0 saturated carbocycles. The van der Waals surface area contributed by atoms with Gasteiger partial charge < -0.3 is 20.3 Å². The average molecular weight is 308 g/mol. The molecule has 0 fully saturated rings. The summed E-state index contributed by atoms with van der Waals surface area (Å²) >= 11 is 5.86. The number of aliphatic hydroxyl groups excluding tert-OH is 1. The van der Waals surface area contributed by atoms with Crippen molar-refractivity contribution in [3.63, 3.8) is 0 Å². The highest BCUT2D eigenvalue weighted by atomic mass is 35.5. The Morgan fingerprint density at radius 2 is 1.90 bits per heavy atom. The van der Waals surface area contributed by atoms with Gasteiger partial charge in [0.2, 0.25) is 0 Å². The van der Waals surface area contributed by atoms with Crippen LogP contribution in [0.5, 0.6) is 11.5 Å². The molecule has 2 aromatic carbocycles. The Kier molecular flexibility index (Phi) is 5.44. The summed E-state index contributed by atoms with van der Waals surface area (Å²) in [5.74, 6) is 0.541. The largest absolute Gasteiger partial charge is 0.504 e. The van der Waals surface area contributed by atoms with Crippen LogP contribution in [0.3, 0.4) is 0 Å². The van der Waals surface area contributed by atoms with Crippen LogP contribution in [0.25, 0.3) is 0 Å². The summed E-state index contributed by atoms with van der Waals surface area (Å²) in [7, 11) is 1.51. The highest BCUT2D eigenvalue weighted by Crippen LogP contribution is 2.26. The molecular weight excluding hydrogens is 290 g/mol. The smallest absolute Gasteiger partial charge is 0.160 e. The first kappa shape index (κ1) is 15.6. The minimum absolute atomic E-state index is 0.0240. The van der Waals surface area contributed by atoms with Crippen molar-refractivity contribution in [2.75, 3.05) is 13.7 Å². The van der Waals surface area contributed by atoms with Gasteiger partial charge in [0.15, 0.2) is 11.5 Å². The second-order valence-corrected chi connectivity index (χ2v) is 5.11. The molecule has 3 N–H and O–H groups in total. The van der Waals surface area contributed by atoms with Gasteiger partial charge in [0, 0.05) is 11.6 Å². The van der Waals surface area contributed by atoms with Crippen molar-refractivity contribution < 1.29 is 14.9 Å². The molecule has 0 aliphatic carbocycles. The van der Waals surface area contributed by atoms with Crippen LogP contribution >= 0.6 is 11.6 Å². The number of ether oxygens (including phenoxy) is 1. The van der Waals surface area contributed by atoms with Crippen molar-refractivity contribution in [2.24, 2.45) is 0 Å². The van der Waals surface area contributed by atoms with Gasteiger partial charge in [-0.15, -0.1) is 0 Å². The number of methoxy groups -OCH3 is 1. The van der Waals surface area contributed by atoms with Crippen LogP contribution in [0, 0.1) is 0 Å². The fraction of sp³-hybridized carbons (Fsp3) is 0.250. The van der Waals surface area contributed by atoms with E-state index < -0.39 is 0 Å². The molecule has 1 atom stereocenters. The first-order valence-electron chi connectivity index (χ1n) is 6.59. The summed E-state index contributed by atoms with van der Waals surface area (Å²) in [4.78, 5) is 0. The summed E-state index contributed by atoms with van der Waals surface area (Å²) in [5.41, 5.74) is 1.86. The second-order valence-electron chi connectivity index (χ2n) is 4.67. The van der Waals surface area contributed by atoms with Crippen molar-refractivity contribution in [2.45, 2.75) is 12.6 Å². The van der Waals surface area contributed by atoms with E-state index in [0.717, 1.165) is 11.1 Å². The third-order valence-electron chi connectivity index (χ3n) is 3.25. The van der Waals surface area contributed by atoms with Crippen LogP contribution in [0.1, 0.15) is 17.2 Å². The summed E-state index contributed by atoms with van der Waals surface area (Å²) in [6, 6.07) is 12.4. The van der Waals surface area contributed by atoms with Crippen LogP contribution in [0.15, 0.2) is 42.5 Å². The lowest BCUT2D eigenvalue weighted by Crippen LogP contribution is -2.23. The maximum atomic E-state index is 9.74. The third-order valence-corrected chi connectivity index (χ3v) is 3.50. The van der Waals surface area contributed by atoms with Crippen LogP contribution in [0.4, 0.5) is 0 Å². The fourth-order valence-electron chi connectivity index (χ4n) is 2.07. The van der Waals surface area contributed by atoms with E-state index in [0.29, 0.717) is 17.3 Å². The Bertz CT molecular complexity index is 587. The van der Waals surface area contributed by atoms with Crippen molar-refractivity contribution in [3.8, 4) is 11.5 Å². The maximum Gasteiger partial charge on any atom is 0.160 e. The van der Waals surface area contributed by atoms with Crippen LogP contribution < -0.4 is 10.1 Å². The number of aromatic hydroxyl groups is 1. The number of phenols is 1. The number of halogens is 1. The molecular formula is C16H18ClNO3.